The zero-order valence-corrected chi connectivity index (χ0v) is 10.6. The van der Waals surface area contributed by atoms with E-state index in [0.717, 1.165) is 5.56 Å². The van der Waals surface area contributed by atoms with Crippen LogP contribution < -0.4 is 9.92 Å². The van der Waals surface area contributed by atoms with E-state index in [0.29, 0.717) is 5.69 Å². The number of hydrogen-bond acceptors (Lipinski definition) is 4. The third-order valence-electron chi connectivity index (χ3n) is 2.31. The molecule has 0 saturated carbocycles. The highest BCUT2D eigenvalue weighted by molar-refractivity contribution is 7.87. The second kappa shape index (κ2) is 4.70. The van der Waals surface area contributed by atoms with Crippen LogP contribution in [0.5, 0.6) is 5.75 Å². The van der Waals surface area contributed by atoms with E-state index in [1.165, 1.54) is 30.3 Å². The molecule has 0 fully saturated rings. The van der Waals surface area contributed by atoms with E-state index in [-0.39, 0.29) is 10.6 Å². The van der Waals surface area contributed by atoms with Crippen LogP contribution in [0.2, 0.25) is 0 Å². The van der Waals surface area contributed by atoms with E-state index in [1.54, 1.807) is 12.1 Å². The van der Waals surface area contributed by atoms with Gasteiger partial charge in [0.2, 0.25) is 0 Å². The second-order valence-electron chi connectivity index (χ2n) is 3.83. The summed E-state index contributed by atoms with van der Waals surface area (Å²) in [5.41, 5.74) is 6.81. The SMILES string of the molecule is Cc1ccc(S(=O)(=O)Oc2cc[c]c(N)c2)cc1. The molecule has 93 valence electrons. The Balaban J connectivity index is 2.30. The van der Waals surface area contributed by atoms with Crippen molar-refractivity contribution in [2.75, 3.05) is 5.73 Å². The predicted octanol–water partition coefficient (Wildman–Crippen LogP) is 2.15. The summed E-state index contributed by atoms with van der Waals surface area (Å²) in [6.07, 6.45) is 0. The van der Waals surface area contributed by atoms with E-state index in [4.69, 9.17) is 9.92 Å². The molecule has 0 spiro atoms. The van der Waals surface area contributed by atoms with Crippen molar-refractivity contribution >= 4 is 15.8 Å². The van der Waals surface area contributed by atoms with Gasteiger partial charge in [0.05, 0.1) is 0 Å². The molecular weight excluding hydrogens is 250 g/mol. The minimum Gasteiger partial charge on any atom is -0.398 e. The summed E-state index contributed by atoms with van der Waals surface area (Å²) >= 11 is 0. The maximum absolute atomic E-state index is 12.0. The van der Waals surface area contributed by atoms with Crippen molar-refractivity contribution in [2.45, 2.75) is 11.8 Å². The average Bonchev–Trinajstić information content (AvgIpc) is 2.29. The minimum atomic E-state index is -3.82. The zero-order chi connectivity index (χ0) is 13.2. The molecule has 0 amide bonds. The lowest BCUT2D eigenvalue weighted by Crippen LogP contribution is -2.09. The third kappa shape index (κ3) is 2.81. The van der Waals surface area contributed by atoms with Gasteiger partial charge in [0.1, 0.15) is 10.6 Å². The summed E-state index contributed by atoms with van der Waals surface area (Å²) < 4.78 is 28.9. The van der Waals surface area contributed by atoms with E-state index in [1.807, 2.05) is 6.92 Å². The van der Waals surface area contributed by atoms with Gasteiger partial charge >= 0.3 is 10.1 Å². The highest BCUT2D eigenvalue weighted by Crippen LogP contribution is 2.20. The molecule has 0 aliphatic rings. The molecule has 4 nitrogen and oxygen atoms in total. The van der Waals surface area contributed by atoms with Crippen LogP contribution in [0.3, 0.4) is 0 Å². The first-order valence-electron chi connectivity index (χ1n) is 5.26. The highest BCUT2D eigenvalue weighted by Gasteiger charge is 2.16. The highest BCUT2D eigenvalue weighted by atomic mass is 32.2. The van der Waals surface area contributed by atoms with Crippen LogP contribution in [-0.4, -0.2) is 8.42 Å². The summed E-state index contributed by atoms with van der Waals surface area (Å²) in [5, 5.41) is 0. The first-order chi connectivity index (χ1) is 8.47. The molecule has 0 saturated heterocycles. The van der Waals surface area contributed by atoms with Crippen molar-refractivity contribution in [2.24, 2.45) is 0 Å². The Labute approximate surface area is 106 Å². The molecule has 18 heavy (non-hydrogen) atoms. The summed E-state index contributed by atoms with van der Waals surface area (Å²) in [7, 11) is -3.82. The normalized spacial score (nSPS) is 11.2. The quantitative estimate of drug-likeness (QED) is 0.679. The molecule has 0 aromatic heterocycles. The molecule has 2 N–H and O–H groups in total. The van der Waals surface area contributed by atoms with Crippen LogP contribution >= 0.6 is 0 Å². The van der Waals surface area contributed by atoms with E-state index in [2.05, 4.69) is 6.07 Å². The number of nitrogens with two attached hydrogens (primary N) is 1. The first-order valence-corrected chi connectivity index (χ1v) is 6.66. The van der Waals surface area contributed by atoms with Crippen molar-refractivity contribution in [3.05, 3.63) is 54.1 Å². The Morgan fingerprint density at radius 1 is 1.17 bits per heavy atom. The van der Waals surface area contributed by atoms with Gasteiger partial charge in [-0.3, -0.25) is 0 Å². The second-order valence-corrected chi connectivity index (χ2v) is 5.38. The Morgan fingerprint density at radius 3 is 2.44 bits per heavy atom. The lowest BCUT2D eigenvalue weighted by Gasteiger charge is -2.07. The molecule has 0 heterocycles. The summed E-state index contributed by atoms with van der Waals surface area (Å²) in [6.45, 7) is 1.88. The lowest BCUT2D eigenvalue weighted by atomic mass is 10.2. The van der Waals surface area contributed by atoms with Crippen molar-refractivity contribution < 1.29 is 12.6 Å². The molecular formula is C13H12NO3S. The zero-order valence-electron chi connectivity index (χ0n) is 9.75. The monoisotopic (exact) mass is 262 g/mol. The molecule has 1 radical (unpaired) electrons. The summed E-state index contributed by atoms with van der Waals surface area (Å²) in [5.74, 6) is 0.173. The van der Waals surface area contributed by atoms with Gasteiger partial charge in [-0.25, -0.2) is 0 Å². The summed E-state index contributed by atoms with van der Waals surface area (Å²) in [6, 6.07) is 13.5. The molecule has 5 heteroatoms. The number of anilines is 1. The van der Waals surface area contributed by atoms with Crippen LogP contribution in [-0.2, 0) is 10.1 Å². The van der Waals surface area contributed by atoms with Gasteiger partial charge < -0.3 is 9.92 Å². The topological polar surface area (TPSA) is 69.4 Å². The maximum atomic E-state index is 12.0. The minimum absolute atomic E-state index is 0.111. The van der Waals surface area contributed by atoms with Crippen LogP contribution in [0.1, 0.15) is 5.56 Å². The molecule has 0 bridgehead atoms. The van der Waals surface area contributed by atoms with Gasteiger partial charge in [-0.2, -0.15) is 8.42 Å². The van der Waals surface area contributed by atoms with Gasteiger partial charge in [-0.05, 0) is 31.2 Å². The van der Waals surface area contributed by atoms with E-state index < -0.39 is 10.1 Å². The Kier molecular flexibility index (Phi) is 3.25. The van der Waals surface area contributed by atoms with Crippen molar-refractivity contribution in [1.82, 2.24) is 0 Å². The van der Waals surface area contributed by atoms with Gasteiger partial charge in [0.15, 0.2) is 0 Å². The Morgan fingerprint density at radius 2 is 1.83 bits per heavy atom. The first kappa shape index (κ1) is 12.4. The molecule has 0 unspecified atom stereocenters. The third-order valence-corrected chi connectivity index (χ3v) is 3.57. The van der Waals surface area contributed by atoms with E-state index >= 15 is 0 Å². The number of rotatable bonds is 3. The van der Waals surface area contributed by atoms with Gasteiger partial charge in [0, 0.05) is 17.8 Å². The van der Waals surface area contributed by atoms with Gasteiger partial charge in [-0.1, -0.05) is 17.7 Å². The average molecular weight is 262 g/mol. The largest absolute Gasteiger partial charge is 0.398 e. The van der Waals surface area contributed by atoms with Crippen LogP contribution in [0.4, 0.5) is 5.69 Å². The number of hydrogen-bond donors (Lipinski definition) is 1. The fourth-order valence-electron chi connectivity index (χ4n) is 1.39. The van der Waals surface area contributed by atoms with E-state index in [9.17, 15) is 8.42 Å². The fraction of sp³-hybridized carbons (Fsp3) is 0.0769. The van der Waals surface area contributed by atoms with Gasteiger partial charge in [0.25, 0.3) is 0 Å². The molecule has 2 aromatic carbocycles. The van der Waals surface area contributed by atoms with Crippen LogP contribution in [0.15, 0.2) is 47.4 Å². The fourth-order valence-corrected chi connectivity index (χ4v) is 2.32. The van der Waals surface area contributed by atoms with Crippen molar-refractivity contribution in [1.29, 1.82) is 0 Å². The standard InChI is InChI=1S/C13H12NO3S/c1-10-5-7-13(8-6-10)18(15,16)17-12-4-2-3-11(14)9-12/h2,4-9H,14H2,1H3. The maximum Gasteiger partial charge on any atom is 0.339 e. The van der Waals surface area contributed by atoms with Crippen LogP contribution in [0, 0.1) is 13.0 Å². The number of benzene rings is 2. The van der Waals surface area contributed by atoms with Crippen molar-refractivity contribution in [3.8, 4) is 5.75 Å². The Bertz CT molecular complexity index is 648. The summed E-state index contributed by atoms with van der Waals surface area (Å²) in [4.78, 5) is 0.111. The van der Waals surface area contributed by atoms with Crippen molar-refractivity contribution in [3.63, 3.8) is 0 Å². The van der Waals surface area contributed by atoms with Gasteiger partial charge in [-0.15, -0.1) is 0 Å². The molecule has 2 rings (SSSR count). The predicted molar refractivity (Wildman–Crippen MR) is 68.7 cm³/mol. The molecule has 0 atom stereocenters. The molecule has 0 aliphatic carbocycles. The van der Waals surface area contributed by atoms with Crippen LogP contribution in [0.25, 0.3) is 0 Å². The lowest BCUT2D eigenvalue weighted by molar-refractivity contribution is 0.486. The smallest absolute Gasteiger partial charge is 0.339 e. The number of aryl methyl sites for hydroxylation is 1. The Hall–Kier alpha value is -2.01. The number of nitrogen functional groups attached to an aromatic ring is 1. The molecule has 2 aromatic rings. The molecule has 0 aliphatic heterocycles.